The molecule has 0 bridgehead atoms. The van der Waals surface area contributed by atoms with Crippen molar-refractivity contribution in [2.75, 3.05) is 0 Å². The summed E-state index contributed by atoms with van der Waals surface area (Å²) in [4.78, 5) is 24.1. The predicted molar refractivity (Wildman–Crippen MR) is 100 cm³/mol. The van der Waals surface area contributed by atoms with Crippen molar-refractivity contribution in [3.63, 3.8) is 0 Å². The summed E-state index contributed by atoms with van der Waals surface area (Å²) in [5.41, 5.74) is -0.343. The first-order valence-electron chi connectivity index (χ1n) is 10.4. The van der Waals surface area contributed by atoms with E-state index in [-0.39, 0.29) is 23.4 Å². The van der Waals surface area contributed by atoms with E-state index < -0.39 is 5.97 Å². The smallest absolute Gasteiger partial charge is 0.309 e. The lowest BCUT2D eigenvalue weighted by atomic mass is 9.81. The standard InChI is InChI=1S/C21H38O4/c1-4-7-8-9-15-21(13-5-2,14-6-3)25-20(24)18-12-10-11-17(16-18)19(22)23/h17-18H,4-16H2,1-3H3,(H,22,23). The van der Waals surface area contributed by atoms with Crippen LogP contribution in [0.1, 0.15) is 104 Å². The molecule has 146 valence electrons. The number of ether oxygens (including phenoxy) is 1. The third-order valence-corrected chi connectivity index (χ3v) is 5.57. The van der Waals surface area contributed by atoms with Gasteiger partial charge in [-0.15, -0.1) is 0 Å². The molecular weight excluding hydrogens is 316 g/mol. The van der Waals surface area contributed by atoms with E-state index in [1.807, 2.05) is 0 Å². The second kappa shape index (κ2) is 11.5. The van der Waals surface area contributed by atoms with Gasteiger partial charge in [0.05, 0.1) is 11.8 Å². The average molecular weight is 355 g/mol. The van der Waals surface area contributed by atoms with Crippen molar-refractivity contribution in [1.82, 2.24) is 0 Å². The maximum absolute atomic E-state index is 12.8. The van der Waals surface area contributed by atoms with Gasteiger partial charge in [-0.3, -0.25) is 9.59 Å². The van der Waals surface area contributed by atoms with Gasteiger partial charge in [-0.05, 0) is 44.9 Å². The molecule has 2 unspecified atom stereocenters. The Morgan fingerprint density at radius 2 is 1.56 bits per heavy atom. The van der Waals surface area contributed by atoms with E-state index in [4.69, 9.17) is 4.74 Å². The van der Waals surface area contributed by atoms with Crippen molar-refractivity contribution < 1.29 is 19.4 Å². The molecule has 0 saturated heterocycles. The Kier molecular flexibility index (Phi) is 10.1. The first-order valence-corrected chi connectivity index (χ1v) is 10.4. The summed E-state index contributed by atoms with van der Waals surface area (Å²) in [6.07, 6.45) is 12.2. The molecule has 1 fully saturated rings. The Bertz CT molecular complexity index is 399. The maximum atomic E-state index is 12.8. The highest BCUT2D eigenvalue weighted by molar-refractivity contribution is 5.76. The minimum atomic E-state index is -0.773. The zero-order valence-corrected chi connectivity index (χ0v) is 16.5. The van der Waals surface area contributed by atoms with Gasteiger partial charge in [-0.25, -0.2) is 0 Å². The number of carbonyl (C=O) groups excluding carboxylic acids is 1. The van der Waals surface area contributed by atoms with Gasteiger partial charge in [-0.1, -0.05) is 59.3 Å². The summed E-state index contributed by atoms with van der Waals surface area (Å²) in [6, 6.07) is 0. The topological polar surface area (TPSA) is 63.6 Å². The lowest BCUT2D eigenvalue weighted by Gasteiger charge is -2.36. The second-order valence-corrected chi connectivity index (χ2v) is 7.81. The van der Waals surface area contributed by atoms with E-state index in [2.05, 4.69) is 20.8 Å². The highest BCUT2D eigenvalue weighted by Gasteiger charge is 2.37. The SMILES string of the molecule is CCCCCCC(CCC)(CCC)OC(=O)C1CCCC(C(=O)O)C1. The molecule has 1 rings (SSSR count). The summed E-state index contributed by atoms with van der Waals surface area (Å²) in [5.74, 6) is -1.55. The van der Waals surface area contributed by atoms with E-state index in [9.17, 15) is 14.7 Å². The summed E-state index contributed by atoms with van der Waals surface area (Å²) in [6.45, 7) is 6.49. The minimum absolute atomic E-state index is 0.150. The summed E-state index contributed by atoms with van der Waals surface area (Å²) >= 11 is 0. The van der Waals surface area contributed by atoms with Crippen LogP contribution in [0.15, 0.2) is 0 Å². The summed E-state index contributed by atoms with van der Waals surface area (Å²) in [7, 11) is 0. The lowest BCUT2D eigenvalue weighted by Crippen LogP contribution is -2.39. The normalized spacial score (nSPS) is 21.1. The molecule has 1 saturated carbocycles. The molecule has 4 nitrogen and oxygen atoms in total. The van der Waals surface area contributed by atoms with Gasteiger partial charge in [0, 0.05) is 0 Å². The van der Waals surface area contributed by atoms with Gasteiger partial charge in [0.15, 0.2) is 0 Å². The number of hydrogen-bond acceptors (Lipinski definition) is 3. The monoisotopic (exact) mass is 354 g/mol. The molecule has 4 heteroatoms. The summed E-state index contributed by atoms with van der Waals surface area (Å²) < 4.78 is 6.13. The van der Waals surface area contributed by atoms with Gasteiger partial charge < -0.3 is 9.84 Å². The molecule has 0 aromatic heterocycles. The van der Waals surface area contributed by atoms with Crippen molar-refractivity contribution in [3.8, 4) is 0 Å². The number of carboxylic acids is 1. The molecule has 25 heavy (non-hydrogen) atoms. The van der Waals surface area contributed by atoms with Crippen LogP contribution in [0, 0.1) is 11.8 Å². The lowest BCUT2D eigenvalue weighted by molar-refractivity contribution is -0.170. The fraction of sp³-hybridized carbons (Fsp3) is 0.905. The molecule has 0 aromatic rings. The number of hydrogen-bond donors (Lipinski definition) is 1. The molecule has 0 amide bonds. The molecule has 1 aliphatic carbocycles. The number of carboxylic acid groups (broad SMARTS) is 1. The Hall–Kier alpha value is -1.06. The average Bonchev–Trinajstić information content (AvgIpc) is 2.59. The largest absolute Gasteiger partial charge is 0.481 e. The molecule has 2 atom stereocenters. The number of aliphatic carboxylic acids is 1. The van der Waals surface area contributed by atoms with Crippen molar-refractivity contribution in [3.05, 3.63) is 0 Å². The molecule has 0 aliphatic heterocycles. The van der Waals surface area contributed by atoms with E-state index in [1.54, 1.807) is 0 Å². The first-order chi connectivity index (χ1) is 12.0. The van der Waals surface area contributed by atoms with Gasteiger partial charge in [-0.2, -0.15) is 0 Å². The maximum Gasteiger partial charge on any atom is 0.309 e. The van der Waals surface area contributed by atoms with Crippen LogP contribution in [0.4, 0.5) is 0 Å². The van der Waals surface area contributed by atoms with Crippen LogP contribution in [0.2, 0.25) is 0 Å². The van der Waals surface area contributed by atoms with Crippen LogP contribution in [0.5, 0.6) is 0 Å². The fourth-order valence-electron chi connectivity index (χ4n) is 4.24. The van der Waals surface area contributed by atoms with Crippen molar-refractivity contribution in [2.45, 2.75) is 110 Å². The predicted octanol–water partition coefficient (Wildman–Crippen LogP) is 5.73. The van der Waals surface area contributed by atoms with Crippen molar-refractivity contribution >= 4 is 11.9 Å². The Balaban J connectivity index is 2.73. The molecule has 0 heterocycles. The number of carbonyl (C=O) groups is 2. The molecule has 0 radical (unpaired) electrons. The summed E-state index contributed by atoms with van der Waals surface area (Å²) in [5, 5.41) is 9.25. The Morgan fingerprint density at radius 3 is 2.12 bits per heavy atom. The molecule has 1 aliphatic rings. The highest BCUT2D eigenvalue weighted by atomic mass is 16.6. The van der Waals surface area contributed by atoms with Gasteiger partial charge in [0.25, 0.3) is 0 Å². The van der Waals surface area contributed by atoms with E-state index in [0.717, 1.165) is 51.4 Å². The van der Waals surface area contributed by atoms with Crippen molar-refractivity contribution in [2.24, 2.45) is 11.8 Å². The zero-order valence-electron chi connectivity index (χ0n) is 16.5. The third-order valence-electron chi connectivity index (χ3n) is 5.57. The van der Waals surface area contributed by atoms with Gasteiger partial charge in [0.2, 0.25) is 0 Å². The molecule has 0 aromatic carbocycles. The van der Waals surface area contributed by atoms with Crippen LogP contribution in [-0.4, -0.2) is 22.6 Å². The first kappa shape index (κ1) is 22.0. The van der Waals surface area contributed by atoms with Crippen LogP contribution < -0.4 is 0 Å². The third kappa shape index (κ3) is 7.37. The van der Waals surface area contributed by atoms with Crippen molar-refractivity contribution in [1.29, 1.82) is 0 Å². The van der Waals surface area contributed by atoms with E-state index in [0.29, 0.717) is 12.8 Å². The molecular formula is C21H38O4. The Morgan fingerprint density at radius 1 is 0.920 bits per heavy atom. The van der Waals surface area contributed by atoms with Crippen LogP contribution in [-0.2, 0) is 14.3 Å². The molecule has 1 N–H and O–H groups in total. The number of esters is 1. The number of rotatable bonds is 12. The fourth-order valence-corrected chi connectivity index (χ4v) is 4.24. The Labute approximate surface area is 153 Å². The van der Waals surface area contributed by atoms with Gasteiger partial charge >= 0.3 is 11.9 Å². The highest BCUT2D eigenvalue weighted by Crippen LogP contribution is 2.35. The van der Waals surface area contributed by atoms with Gasteiger partial charge in [0.1, 0.15) is 5.60 Å². The van der Waals surface area contributed by atoms with Crippen LogP contribution in [0.25, 0.3) is 0 Å². The number of unbranched alkanes of at least 4 members (excludes halogenated alkanes) is 3. The second-order valence-electron chi connectivity index (χ2n) is 7.81. The van der Waals surface area contributed by atoms with E-state index >= 15 is 0 Å². The van der Waals surface area contributed by atoms with Crippen LogP contribution >= 0.6 is 0 Å². The zero-order chi connectivity index (χ0) is 18.7. The minimum Gasteiger partial charge on any atom is -0.481 e. The molecule has 0 spiro atoms. The quantitative estimate of drug-likeness (QED) is 0.359. The van der Waals surface area contributed by atoms with Crippen LogP contribution in [0.3, 0.4) is 0 Å². The van der Waals surface area contributed by atoms with E-state index in [1.165, 1.54) is 19.3 Å².